The Kier molecular flexibility index (Phi) is 6.12. The van der Waals surface area contributed by atoms with Crippen molar-refractivity contribution in [2.45, 2.75) is 19.3 Å². The van der Waals surface area contributed by atoms with Crippen LogP contribution in [0.3, 0.4) is 0 Å². The van der Waals surface area contributed by atoms with Gasteiger partial charge in [0.15, 0.2) is 0 Å². The summed E-state index contributed by atoms with van der Waals surface area (Å²) < 4.78 is 0. The van der Waals surface area contributed by atoms with Crippen LogP contribution in [0.15, 0.2) is 48.5 Å². The van der Waals surface area contributed by atoms with Crippen molar-refractivity contribution in [2.75, 3.05) is 30.3 Å². The number of para-hydroxylation sites is 1. The van der Waals surface area contributed by atoms with Gasteiger partial charge in [-0.2, -0.15) is 0 Å². The second-order valence-electron chi connectivity index (χ2n) is 6.31. The Labute approximate surface area is 158 Å². The molecule has 1 aliphatic rings. The number of benzene rings is 2. The number of hydrogen-bond acceptors (Lipinski definition) is 3. The van der Waals surface area contributed by atoms with E-state index < -0.39 is 0 Å². The molecule has 136 valence electrons. The van der Waals surface area contributed by atoms with Crippen molar-refractivity contribution < 1.29 is 9.59 Å². The number of likely N-dealkylation sites (tertiary alicyclic amines) is 1. The minimum Gasteiger partial charge on any atom is -0.375 e. The molecule has 1 heterocycles. The van der Waals surface area contributed by atoms with Gasteiger partial charge in [0.2, 0.25) is 5.91 Å². The summed E-state index contributed by atoms with van der Waals surface area (Å²) in [7, 11) is 0. The van der Waals surface area contributed by atoms with E-state index in [1.165, 1.54) is 0 Å². The zero-order chi connectivity index (χ0) is 18.4. The van der Waals surface area contributed by atoms with Crippen molar-refractivity contribution in [3.05, 3.63) is 59.1 Å². The summed E-state index contributed by atoms with van der Waals surface area (Å²) >= 11 is 6.09. The second-order valence-corrected chi connectivity index (χ2v) is 6.75. The van der Waals surface area contributed by atoms with Crippen LogP contribution in [0.4, 0.5) is 11.4 Å². The van der Waals surface area contributed by atoms with Crippen molar-refractivity contribution in [3.63, 3.8) is 0 Å². The number of carbonyl (C=O) groups is 2. The molecule has 2 amide bonds. The fourth-order valence-corrected chi connectivity index (χ4v) is 3.19. The SMILES string of the molecule is O=C(CNc1cc(Cl)ccc1C(=O)N1CCCCC1)Nc1ccccc1. The van der Waals surface area contributed by atoms with E-state index in [-0.39, 0.29) is 18.4 Å². The third-order valence-corrected chi connectivity index (χ3v) is 4.59. The molecule has 0 aliphatic carbocycles. The Bertz CT molecular complexity index is 774. The maximum Gasteiger partial charge on any atom is 0.255 e. The molecular weight excluding hydrogens is 350 g/mol. The fraction of sp³-hybridized carbons (Fsp3) is 0.300. The second kappa shape index (κ2) is 8.72. The summed E-state index contributed by atoms with van der Waals surface area (Å²) in [4.78, 5) is 26.8. The first kappa shape index (κ1) is 18.3. The number of rotatable bonds is 5. The standard InChI is InChI=1S/C20H22ClN3O2/c21-15-9-10-17(20(26)24-11-5-2-6-12-24)18(13-15)22-14-19(25)23-16-7-3-1-4-8-16/h1,3-4,7-10,13,22H,2,5-6,11-12,14H2,(H,23,25). The predicted molar refractivity (Wildman–Crippen MR) is 105 cm³/mol. The van der Waals surface area contributed by atoms with Gasteiger partial charge < -0.3 is 15.5 Å². The Morgan fingerprint density at radius 2 is 1.73 bits per heavy atom. The van der Waals surface area contributed by atoms with Crippen molar-refractivity contribution in [1.29, 1.82) is 0 Å². The maximum atomic E-state index is 12.8. The lowest BCUT2D eigenvalue weighted by molar-refractivity contribution is -0.114. The molecule has 3 rings (SSSR count). The maximum absolute atomic E-state index is 12.8. The Balaban J connectivity index is 1.67. The molecule has 2 aromatic carbocycles. The van der Waals surface area contributed by atoms with Gasteiger partial charge in [-0.25, -0.2) is 0 Å². The summed E-state index contributed by atoms with van der Waals surface area (Å²) in [6, 6.07) is 14.4. The molecule has 5 nitrogen and oxygen atoms in total. The van der Waals surface area contributed by atoms with E-state index in [9.17, 15) is 9.59 Å². The number of hydrogen-bond donors (Lipinski definition) is 2. The molecule has 0 radical (unpaired) electrons. The number of carbonyl (C=O) groups excluding carboxylic acids is 2. The van der Waals surface area contributed by atoms with E-state index in [0.717, 1.165) is 38.0 Å². The van der Waals surface area contributed by atoms with Crippen molar-refractivity contribution in [3.8, 4) is 0 Å². The number of halogens is 1. The number of anilines is 2. The van der Waals surface area contributed by atoms with E-state index in [4.69, 9.17) is 11.6 Å². The summed E-state index contributed by atoms with van der Waals surface area (Å²) in [5, 5.41) is 6.38. The van der Waals surface area contributed by atoms with Crippen LogP contribution < -0.4 is 10.6 Å². The molecule has 0 bridgehead atoms. The molecule has 1 saturated heterocycles. The molecule has 0 saturated carbocycles. The zero-order valence-electron chi connectivity index (χ0n) is 14.5. The zero-order valence-corrected chi connectivity index (χ0v) is 15.3. The predicted octanol–water partition coefficient (Wildman–Crippen LogP) is 4.02. The summed E-state index contributed by atoms with van der Waals surface area (Å²) in [6.45, 7) is 1.60. The van der Waals surface area contributed by atoms with E-state index in [1.54, 1.807) is 18.2 Å². The van der Waals surface area contributed by atoms with Gasteiger partial charge in [-0.05, 0) is 49.6 Å². The summed E-state index contributed by atoms with van der Waals surface area (Å²) in [6.07, 6.45) is 3.22. The van der Waals surface area contributed by atoms with Crippen LogP contribution in [0, 0.1) is 0 Å². The van der Waals surface area contributed by atoms with Crippen molar-refractivity contribution in [2.24, 2.45) is 0 Å². The lowest BCUT2D eigenvalue weighted by Crippen LogP contribution is -2.36. The first-order chi connectivity index (χ1) is 12.6. The van der Waals surface area contributed by atoms with E-state index in [2.05, 4.69) is 10.6 Å². The van der Waals surface area contributed by atoms with Crippen molar-refractivity contribution >= 4 is 34.8 Å². The minimum atomic E-state index is -0.187. The molecule has 0 spiro atoms. The minimum absolute atomic E-state index is 0.0210. The molecular formula is C20H22ClN3O2. The third kappa shape index (κ3) is 4.76. The Morgan fingerprint density at radius 1 is 1.00 bits per heavy atom. The molecule has 2 N–H and O–H groups in total. The van der Waals surface area contributed by atoms with E-state index in [0.29, 0.717) is 16.3 Å². The molecule has 6 heteroatoms. The van der Waals surface area contributed by atoms with Gasteiger partial charge in [0.1, 0.15) is 0 Å². The van der Waals surface area contributed by atoms with Gasteiger partial charge in [-0.3, -0.25) is 9.59 Å². The molecule has 1 aliphatic heterocycles. The molecule has 0 aromatic heterocycles. The first-order valence-electron chi connectivity index (χ1n) is 8.81. The topological polar surface area (TPSA) is 61.4 Å². The highest BCUT2D eigenvalue weighted by atomic mass is 35.5. The number of nitrogens with one attached hydrogen (secondary N) is 2. The van der Waals surface area contributed by atoms with Gasteiger partial charge in [-0.1, -0.05) is 29.8 Å². The molecule has 0 unspecified atom stereocenters. The van der Waals surface area contributed by atoms with Gasteiger partial charge in [0.05, 0.1) is 12.1 Å². The molecule has 0 atom stereocenters. The highest BCUT2D eigenvalue weighted by Crippen LogP contribution is 2.24. The van der Waals surface area contributed by atoms with Crippen LogP contribution in [0.5, 0.6) is 0 Å². The molecule has 26 heavy (non-hydrogen) atoms. The van der Waals surface area contributed by atoms with Gasteiger partial charge >= 0.3 is 0 Å². The number of nitrogens with zero attached hydrogens (tertiary/aromatic N) is 1. The van der Waals surface area contributed by atoms with Crippen LogP contribution in [0.25, 0.3) is 0 Å². The highest BCUT2D eigenvalue weighted by Gasteiger charge is 2.21. The Morgan fingerprint density at radius 3 is 2.46 bits per heavy atom. The summed E-state index contributed by atoms with van der Waals surface area (Å²) in [5.74, 6) is -0.208. The van der Waals surface area contributed by atoms with Gasteiger partial charge in [0, 0.05) is 29.5 Å². The lowest BCUT2D eigenvalue weighted by atomic mass is 10.1. The van der Waals surface area contributed by atoms with E-state index in [1.807, 2.05) is 35.2 Å². The van der Waals surface area contributed by atoms with E-state index >= 15 is 0 Å². The van der Waals surface area contributed by atoms with Crippen LogP contribution in [0.1, 0.15) is 29.6 Å². The monoisotopic (exact) mass is 371 g/mol. The number of piperidine rings is 1. The fourth-order valence-electron chi connectivity index (χ4n) is 3.02. The summed E-state index contributed by atoms with van der Waals surface area (Å²) in [5.41, 5.74) is 1.86. The lowest BCUT2D eigenvalue weighted by Gasteiger charge is -2.27. The number of amides is 2. The van der Waals surface area contributed by atoms with Crippen LogP contribution in [0.2, 0.25) is 5.02 Å². The smallest absolute Gasteiger partial charge is 0.255 e. The normalized spacial score (nSPS) is 14.0. The van der Waals surface area contributed by atoms with Gasteiger partial charge in [0.25, 0.3) is 5.91 Å². The highest BCUT2D eigenvalue weighted by molar-refractivity contribution is 6.31. The average Bonchev–Trinajstić information content (AvgIpc) is 2.67. The first-order valence-corrected chi connectivity index (χ1v) is 9.19. The van der Waals surface area contributed by atoms with Gasteiger partial charge in [-0.15, -0.1) is 0 Å². The average molecular weight is 372 g/mol. The molecule has 2 aromatic rings. The van der Waals surface area contributed by atoms with Crippen LogP contribution >= 0.6 is 11.6 Å². The Hall–Kier alpha value is -2.53. The van der Waals surface area contributed by atoms with Crippen LogP contribution in [-0.2, 0) is 4.79 Å². The van der Waals surface area contributed by atoms with Crippen LogP contribution in [-0.4, -0.2) is 36.3 Å². The van der Waals surface area contributed by atoms with Crippen molar-refractivity contribution in [1.82, 2.24) is 4.90 Å². The molecule has 1 fully saturated rings. The largest absolute Gasteiger partial charge is 0.375 e. The quantitative estimate of drug-likeness (QED) is 0.834. The third-order valence-electron chi connectivity index (χ3n) is 4.35.